The Kier molecular flexibility index (Phi) is 8.79. The molecule has 1 fully saturated rings. The number of carbonyl (C=O) groups excluding carboxylic acids is 1. The lowest BCUT2D eigenvalue weighted by Gasteiger charge is -2.35. The number of halogens is 1. The molecular weight excluding hydrogens is 496 g/mol. The number of rotatable bonds is 8. The fourth-order valence-electron chi connectivity index (χ4n) is 5.07. The number of aromatic nitrogens is 3. The molecule has 1 aliphatic rings. The van der Waals surface area contributed by atoms with E-state index >= 15 is 0 Å². The van der Waals surface area contributed by atoms with Crippen LogP contribution in [0, 0.1) is 5.92 Å². The molecule has 1 aromatic carbocycles. The van der Waals surface area contributed by atoms with Crippen LogP contribution in [0.25, 0.3) is 10.8 Å². The van der Waals surface area contributed by atoms with Gasteiger partial charge in [0.15, 0.2) is 5.78 Å². The number of carbonyl (C=O) groups is 1. The van der Waals surface area contributed by atoms with Crippen molar-refractivity contribution < 1.29 is 4.79 Å². The van der Waals surface area contributed by atoms with Crippen LogP contribution in [0.5, 0.6) is 0 Å². The Hall–Kier alpha value is -3.71. The molecule has 3 aromatic heterocycles. The maximum Gasteiger partial charge on any atom is 0.164 e. The van der Waals surface area contributed by atoms with Gasteiger partial charge in [0.2, 0.25) is 0 Å². The van der Waals surface area contributed by atoms with Crippen molar-refractivity contribution >= 4 is 45.5 Å². The molecule has 0 spiro atoms. The monoisotopic (exact) mass is 530 g/mol. The van der Waals surface area contributed by atoms with Gasteiger partial charge in [0.1, 0.15) is 11.6 Å². The Bertz CT molecular complexity index is 1390. The minimum atomic E-state index is 0. The number of nitrogens with zero attached hydrogens (tertiary/aromatic N) is 5. The SMILES string of the molecule is C.CN(CC1CCN(c2ccncc2)CC1)c1ncc(C(=O)CCc2ccc3c(N)nccc3c2)cc1Cl. The van der Waals surface area contributed by atoms with Gasteiger partial charge in [0, 0.05) is 74.5 Å². The molecule has 0 bridgehead atoms. The Morgan fingerprint density at radius 2 is 1.84 bits per heavy atom. The Morgan fingerprint density at radius 3 is 2.58 bits per heavy atom. The second-order valence-corrected chi connectivity index (χ2v) is 10.1. The number of nitrogens with two attached hydrogens (primary N) is 1. The zero-order valence-corrected chi connectivity index (χ0v) is 21.7. The van der Waals surface area contributed by atoms with Gasteiger partial charge in [-0.3, -0.25) is 9.78 Å². The van der Waals surface area contributed by atoms with E-state index in [2.05, 4.69) is 43.0 Å². The standard InChI is InChI=1S/C29H31ClN6O.CH4/c1-35(19-21-9-14-36(15-10-21)24-7-11-32-12-8-24)29-26(30)17-23(18-34-29)27(37)5-3-20-2-4-25-22(16-20)6-13-33-28(25)31;/h2,4,6-8,11-13,16-18,21H,3,5,9-10,14-15,19H2,1H3,(H2,31,33);1H4. The second kappa shape index (κ2) is 12.2. The highest BCUT2D eigenvalue weighted by Gasteiger charge is 2.22. The zero-order valence-electron chi connectivity index (χ0n) is 21.0. The molecular formula is C30H35ClN6O. The Balaban J connectivity index is 0.00000336. The minimum Gasteiger partial charge on any atom is -0.383 e. The van der Waals surface area contributed by atoms with Crippen LogP contribution in [0.15, 0.2) is 67.3 Å². The lowest BCUT2D eigenvalue weighted by molar-refractivity contribution is 0.0982. The molecule has 0 aliphatic carbocycles. The molecule has 0 saturated carbocycles. The first kappa shape index (κ1) is 27.3. The number of fused-ring (bicyclic) bond motifs is 1. The summed E-state index contributed by atoms with van der Waals surface area (Å²) in [5, 5.41) is 2.46. The molecule has 4 aromatic rings. The van der Waals surface area contributed by atoms with Gasteiger partial charge in [-0.15, -0.1) is 0 Å². The topological polar surface area (TPSA) is 88.2 Å². The fourth-order valence-corrected chi connectivity index (χ4v) is 5.39. The number of hydrogen-bond donors (Lipinski definition) is 1. The van der Waals surface area contributed by atoms with Crippen molar-refractivity contribution in [1.29, 1.82) is 0 Å². The maximum absolute atomic E-state index is 12.9. The largest absolute Gasteiger partial charge is 0.383 e. The van der Waals surface area contributed by atoms with E-state index in [1.807, 2.05) is 37.6 Å². The molecule has 38 heavy (non-hydrogen) atoms. The number of Topliss-reactive ketones (excluding diaryl/α,β-unsaturated/α-hetero) is 1. The molecule has 8 heteroatoms. The lowest BCUT2D eigenvalue weighted by atomic mass is 9.96. The number of pyridine rings is 3. The maximum atomic E-state index is 12.9. The summed E-state index contributed by atoms with van der Waals surface area (Å²) in [4.78, 5) is 30.2. The number of hydrogen-bond acceptors (Lipinski definition) is 7. The summed E-state index contributed by atoms with van der Waals surface area (Å²) in [5.74, 6) is 1.83. The predicted octanol–water partition coefficient (Wildman–Crippen LogP) is 6.06. The van der Waals surface area contributed by atoms with E-state index in [-0.39, 0.29) is 13.2 Å². The van der Waals surface area contributed by atoms with Gasteiger partial charge >= 0.3 is 0 Å². The van der Waals surface area contributed by atoms with Gasteiger partial charge < -0.3 is 15.5 Å². The number of anilines is 3. The van der Waals surface area contributed by atoms with Gasteiger partial charge in [-0.25, -0.2) is 9.97 Å². The third-order valence-corrected chi connectivity index (χ3v) is 7.46. The molecule has 7 nitrogen and oxygen atoms in total. The summed E-state index contributed by atoms with van der Waals surface area (Å²) < 4.78 is 0. The van der Waals surface area contributed by atoms with Crippen LogP contribution in [0.1, 0.15) is 42.6 Å². The van der Waals surface area contributed by atoms with Gasteiger partial charge in [-0.05, 0) is 60.4 Å². The summed E-state index contributed by atoms with van der Waals surface area (Å²) >= 11 is 6.60. The molecule has 198 valence electrons. The first-order valence-corrected chi connectivity index (χ1v) is 13.0. The zero-order chi connectivity index (χ0) is 25.8. The van der Waals surface area contributed by atoms with Gasteiger partial charge in [-0.1, -0.05) is 37.2 Å². The third kappa shape index (κ3) is 6.22. The van der Waals surface area contributed by atoms with E-state index in [1.54, 1.807) is 18.5 Å². The molecule has 1 saturated heterocycles. The highest BCUT2D eigenvalue weighted by atomic mass is 35.5. The van der Waals surface area contributed by atoms with Gasteiger partial charge in [-0.2, -0.15) is 0 Å². The lowest BCUT2D eigenvalue weighted by Crippen LogP contribution is -2.38. The first-order chi connectivity index (χ1) is 18.0. The quantitative estimate of drug-likeness (QED) is 0.277. The molecule has 0 radical (unpaired) electrons. The second-order valence-electron chi connectivity index (χ2n) is 9.72. The van der Waals surface area contributed by atoms with Crippen LogP contribution >= 0.6 is 11.6 Å². The number of nitrogen functional groups attached to an aromatic ring is 1. The van der Waals surface area contributed by atoms with Gasteiger partial charge in [0.25, 0.3) is 0 Å². The van der Waals surface area contributed by atoms with Crippen molar-refractivity contribution in [1.82, 2.24) is 15.0 Å². The van der Waals surface area contributed by atoms with Crippen molar-refractivity contribution in [3.63, 3.8) is 0 Å². The summed E-state index contributed by atoms with van der Waals surface area (Å²) in [5.41, 5.74) is 8.79. The van der Waals surface area contributed by atoms with Crippen LogP contribution < -0.4 is 15.5 Å². The number of piperidine rings is 1. The molecule has 2 N–H and O–H groups in total. The normalized spacial score (nSPS) is 13.8. The van der Waals surface area contributed by atoms with Crippen molar-refractivity contribution in [2.24, 2.45) is 5.92 Å². The average Bonchev–Trinajstić information content (AvgIpc) is 2.92. The molecule has 0 atom stereocenters. The van der Waals surface area contributed by atoms with Crippen LogP contribution in [0.2, 0.25) is 5.02 Å². The van der Waals surface area contributed by atoms with Crippen molar-refractivity contribution in [2.45, 2.75) is 33.1 Å². The van der Waals surface area contributed by atoms with E-state index < -0.39 is 0 Å². The Labute approximate surface area is 229 Å². The smallest absolute Gasteiger partial charge is 0.164 e. The molecule has 0 unspecified atom stereocenters. The molecule has 0 amide bonds. The fraction of sp³-hybridized carbons (Fsp3) is 0.333. The summed E-state index contributed by atoms with van der Waals surface area (Å²) in [6.07, 6.45) is 10.3. The van der Waals surface area contributed by atoms with Crippen LogP contribution in [0.3, 0.4) is 0 Å². The van der Waals surface area contributed by atoms with E-state index in [4.69, 9.17) is 17.3 Å². The van der Waals surface area contributed by atoms with Crippen LogP contribution in [-0.4, -0.2) is 47.4 Å². The van der Waals surface area contributed by atoms with E-state index in [0.717, 1.165) is 54.6 Å². The van der Waals surface area contributed by atoms with Crippen LogP contribution in [-0.2, 0) is 6.42 Å². The van der Waals surface area contributed by atoms with E-state index in [1.165, 1.54) is 5.69 Å². The number of ketones is 1. The summed E-state index contributed by atoms with van der Waals surface area (Å²) in [6.45, 7) is 2.93. The molecule has 4 heterocycles. The highest BCUT2D eigenvalue weighted by Crippen LogP contribution is 2.28. The van der Waals surface area contributed by atoms with Crippen molar-refractivity contribution in [3.05, 3.63) is 83.4 Å². The van der Waals surface area contributed by atoms with E-state index in [9.17, 15) is 4.79 Å². The van der Waals surface area contributed by atoms with Crippen molar-refractivity contribution in [2.75, 3.05) is 42.2 Å². The molecule has 1 aliphatic heterocycles. The van der Waals surface area contributed by atoms with Crippen molar-refractivity contribution in [3.8, 4) is 0 Å². The van der Waals surface area contributed by atoms with Gasteiger partial charge in [0.05, 0.1) is 5.02 Å². The Morgan fingerprint density at radius 1 is 1.08 bits per heavy atom. The minimum absolute atomic E-state index is 0. The molecule has 5 rings (SSSR count). The van der Waals surface area contributed by atoms with E-state index in [0.29, 0.717) is 35.2 Å². The highest BCUT2D eigenvalue weighted by molar-refractivity contribution is 6.33. The van der Waals surface area contributed by atoms with Crippen LogP contribution in [0.4, 0.5) is 17.3 Å². The third-order valence-electron chi connectivity index (χ3n) is 7.18. The number of aryl methyl sites for hydroxylation is 1. The summed E-state index contributed by atoms with van der Waals surface area (Å²) in [7, 11) is 2.02. The first-order valence-electron chi connectivity index (χ1n) is 12.7. The summed E-state index contributed by atoms with van der Waals surface area (Å²) in [6, 6.07) is 13.8. The predicted molar refractivity (Wildman–Crippen MR) is 157 cm³/mol. The average molecular weight is 531 g/mol. The number of benzene rings is 1.